The van der Waals surface area contributed by atoms with Gasteiger partial charge in [0.1, 0.15) is 6.04 Å². The fourth-order valence-electron chi connectivity index (χ4n) is 3.04. The Labute approximate surface area is 185 Å². The molecular weight excluding hydrogens is 392 g/mol. The Kier molecular flexibility index (Phi) is 9.44. The monoisotopic (exact) mass is 426 g/mol. The molecule has 162 valence electrons. The van der Waals surface area contributed by atoms with Gasteiger partial charge in [0, 0.05) is 18.3 Å². The van der Waals surface area contributed by atoms with E-state index in [1.54, 1.807) is 16.7 Å². The summed E-state index contributed by atoms with van der Waals surface area (Å²) < 4.78 is 0. The summed E-state index contributed by atoms with van der Waals surface area (Å²) in [6.45, 7) is 10.4. The molecule has 2 amide bonds. The fourth-order valence-corrected chi connectivity index (χ4v) is 4.03. The van der Waals surface area contributed by atoms with Crippen molar-refractivity contribution in [2.45, 2.75) is 65.4 Å². The van der Waals surface area contributed by atoms with Crippen LogP contribution in [-0.2, 0) is 21.9 Å². The standard InChI is InChI=1S/C25H34N2O2S/c1-6-20(4)26-25(29)21(5)27(15-22-13-11-18(2)12-14-22)24(28)17-30-16-23-10-8-7-9-19(23)3/h7-14,20-21H,6,15-17H2,1-5H3,(H,26,29). The molecule has 0 spiro atoms. The van der Waals surface area contributed by atoms with E-state index >= 15 is 0 Å². The smallest absolute Gasteiger partial charge is 0.242 e. The number of carbonyl (C=O) groups is 2. The van der Waals surface area contributed by atoms with Crippen LogP contribution in [0.5, 0.6) is 0 Å². The van der Waals surface area contributed by atoms with Crippen molar-refractivity contribution in [3.8, 4) is 0 Å². The molecule has 0 saturated heterocycles. The van der Waals surface area contributed by atoms with E-state index in [4.69, 9.17) is 0 Å². The highest BCUT2D eigenvalue weighted by Crippen LogP contribution is 2.18. The highest BCUT2D eigenvalue weighted by atomic mass is 32.2. The van der Waals surface area contributed by atoms with Crippen molar-refractivity contribution in [3.63, 3.8) is 0 Å². The van der Waals surface area contributed by atoms with Crippen LogP contribution in [0, 0.1) is 13.8 Å². The second-order valence-electron chi connectivity index (χ2n) is 7.92. The molecule has 0 aliphatic rings. The molecule has 0 aliphatic carbocycles. The van der Waals surface area contributed by atoms with E-state index < -0.39 is 6.04 Å². The van der Waals surface area contributed by atoms with Gasteiger partial charge in [-0.15, -0.1) is 11.8 Å². The zero-order valence-corrected chi connectivity index (χ0v) is 19.6. The SMILES string of the molecule is CCC(C)NC(=O)C(C)N(Cc1ccc(C)cc1)C(=O)CSCc1ccccc1C. The molecule has 2 rings (SSSR count). The molecule has 30 heavy (non-hydrogen) atoms. The Bertz CT molecular complexity index is 835. The third kappa shape index (κ3) is 7.21. The summed E-state index contributed by atoms with van der Waals surface area (Å²) >= 11 is 1.59. The number of benzene rings is 2. The zero-order chi connectivity index (χ0) is 22.1. The third-order valence-electron chi connectivity index (χ3n) is 5.39. The molecule has 1 N–H and O–H groups in total. The molecule has 2 unspecified atom stereocenters. The molecule has 4 nitrogen and oxygen atoms in total. The maximum atomic E-state index is 13.1. The first kappa shape index (κ1) is 24.0. The van der Waals surface area contributed by atoms with Gasteiger partial charge in [-0.1, -0.05) is 61.0 Å². The van der Waals surface area contributed by atoms with Crippen molar-refractivity contribution in [1.82, 2.24) is 10.2 Å². The molecule has 2 aromatic rings. The lowest BCUT2D eigenvalue weighted by atomic mass is 10.1. The third-order valence-corrected chi connectivity index (χ3v) is 6.35. The lowest BCUT2D eigenvalue weighted by molar-refractivity contribution is -0.138. The van der Waals surface area contributed by atoms with Gasteiger partial charge in [0.2, 0.25) is 11.8 Å². The predicted molar refractivity (Wildman–Crippen MR) is 126 cm³/mol. The number of hydrogen-bond donors (Lipinski definition) is 1. The molecule has 0 aliphatic heterocycles. The lowest BCUT2D eigenvalue weighted by Gasteiger charge is -2.29. The quantitative estimate of drug-likeness (QED) is 0.590. The molecule has 0 heterocycles. The number of carbonyl (C=O) groups excluding carboxylic acids is 2. The normalized spacial score (nSPS) is 12.8. The highest BCUT2D eigenvalue weighted by Gasteiger charge is 2.26. The van der Waals surface area contributed by atoms with Crippen LogP contribution in [0.1, 0.15) is 49.4 Å². The van der Waals surface area contributed by atoms with Gasteiger partial charge in [-0.2, -0.15) is 0 Å². The van der Waals surface area contributed by atoms with Crippen LogP contribution in [0.3, 0.4) is 0 Å². The first-order valence-corrected chi connectivity index (χ1v) is 11.7. The molecule has 0 aromatic heterocycles. The van der Waals surface area contributed by atoms with E-state index in [0.29, 0.717) is 12.3 Å². The first-order chi connectivity index (χ1) is 14.3. The van der Waals surface area contributed by atoms with Gasteiger partial charge < -0.3 is 10.2 Å². The van der Waals surface area contributed by atoms with Gasteiger partial charge in [-0.25, -0.2) is 0 Å². The zero-order valence-electron chi connectivity index (χ0n) is 18.8. The van der Waals surface area contributed by atoms with Crippen LogP contribution >= 0.6 is 11.8 Å². The van der Waals surface area contributed by atoms with Crippen LogP contribution in [-0.4, -0.2) is 34.6 Å². The number of thioether (sulfide) groups is 1. The number of nitrogens with zero attached hydrogens (tertiary/aromatic N) is 1. The van der Waals surface area contributed by atoms with E-state index in [-0.39, 0.29) is 17.9 Å². The topological polar surface area (TPSA) is 49.4 Å². The average Bonchev–Trinajstić information content (AvgIpc) is 2.73. The minimum absolute atomic E-state index is 0.0130. The Morgan fingerprint density at radius 2 is 1.70 bits per heavy atom. The second kappa shape index (κ2) is 11.8. The van der Waals surface area contributed by atoms with Crippen LogP contribution in [0.25, 0.3) is 0 Å². The Hall–Kier alpha value is -2.27. The summed E-state index contributed by atoms with van der Waals surface area (Å²) in [7, 11) is 0. The van der Waals surface area contributed by atoms with Gasteiger partial charge in [0.05, 0.1) is 5.75 Å². The molecule has 0 bridgehead atoms. The van der Waals surface area contributed by atoms with Crippen LogP contribution in [0.2, 0.25) is 0 Å². The van der Waals surface area contributed by atoms with Gasteiger partial charge in [0.15, 0.2) is 0 Å². The maximum Gasteiger partial charge on any atom is 0.242 e. The minimum Gasteiger partial charge on any atom is -0.352 e. The van der Waals surface area contributed by atoms with Gasteiger partial charge in [0.25, 0.3) is 0 Å². The van der Waals surface area contributed by atoms with Crippen LogP contribution in [0.15, 0.2) is 48.5 Å². The number of aryl methyl sites for hydroxylation is 2. The minimum atomic E-state index is -0.521. The average molecular weight is 427 g/mol. The fraction of sp³-hybridized carbons (Fsp3) is 0.440. The van der Waals surface area contributed by atoms with Crippen molar-refractivity contribution in [2.24, 2.45) is 0 Å². The molecule has 0 saturated carbocycles. The van der Waals surface area contributed by atoms with Gasteiger partial charge in [-0.05, 0) is 50.8 Å². The lowest BCUT2D eigenvalue weighted by Crippen LogP contribution is -2.50. The van der Waals surface area contributed by atoms with Crippen molar-refractivity contribution in [2.75, 3.05) is 5.75 Å². The van der Waals surface area contributed by atoms with E-state index in [1.807, 2.05) is 64.1 Å². The van der Waals surface area contributed by atoms with Crippen molar-refractivity contribution in [1.29, 1.82) is 0 Å². The second-order valence-corrected chi connectivity index (χ2v) is 8.91. The van der Waals surface area contributed by atoms with Crippen molar-refractivity contribution in [3.05, 3.63) is 70.8 Å². The van der Waals surface area contributed by atoms with Gasteiger partial charge >= 0.3 is 0 Å². The highest BCUT2D eigenvalue weighted by molar-refractivity contribution is 7.99. The molecule has 2 aromatic carbocycles. The van der Waals surface area contributed by atoms with Crippen molar-refractivity contribution >= 4 is 23.6 Å². The van der Waals surface area contributed by atoms with E-state index in [1.165, 1.54) is 16.7 Å². The summed E-state index contributed by atoms with van der Waals surface area (Å²) in [5, 5.41) is 3.01. The largest absolute Gasteiger partial charge is 0.352 e. The number of rotatable bonds is 10. The summed E-state index contributed by atoms with van der Waals surface area (Å²) in [5.74, 6) is 1.01. The molecule has 5 heteroatoms. The Morgan fingerprint density at radius 1 is 1.03 bits per heavy atom. The molecule has 0 radical (unpaired) electrons. The predicted octanol–water partition coefficient (Wildman–Crippen LogP) is 4.87. The summed E-state index contributed by atoms with van der Waals surface area (Å²) in [4.78, 5) is 27.5. The first-order valence-electron chi connectivity index (χ1n) is 10.6. The summed E-state index contributed by atoms with van der Waals surface area (Å²) in [6.07, 6.45) is 0.858. The molecule has 2 atom stereocenters. The van der Waals surface area contributed by atoms with Crippen LogP contribution in [0.4, 0.5) is 0 Å². The van der Waals surface area contributed by atoms with Crippen molar-refractivity contribution < 1.29 is 9.59 Å². The Balaban J connectivity index is 2.08. The van der Waals surface area contributed by atoms with E-state index in [2.05, 4.69) is 24.4 Å². The molecular formula is C25H34N2O2S. The van der Waals surface area contributed by atoms with Gasteiger partial charge in [-0.3, -0.25) is 9.59 Å². The number of hydrogen-bond acceptors (Lipinski definition) is 3. The maximum absolute atomic E-state index is 13.1. The summed E-state index contributed by atoms with van der Waals surface area (Å²) in [5.41, 5.74) is 4.67. The van der Waals surface area contributed by atoms with Crippen LogP contribution < -0.4 is 5.32 Å². The number of amides is 2. The number of nitrogens with one attached hydrogen (secondary N) is 1. The van der Waals surface area contributed by atoms with E-state index in [9.17, 15) is 9.59 Å². The summed E-state index contributed by atoms with van der Waals surface area (Å²) in [6, 6.07) is 15.9. The molecule has 0 fully saturated rings. The Morgan fingerprint density at radius 3 is 2.33 bits per heavy atom. The van der Waals surface area contributed by atoms with E-state index in [0.717, 1.165) is 17.7 Å².